The number of hydrogen-bond acceptors (Lipinski definition) is 1. The Balaban J connectivity index is 0.000000606. The molecule has 16 heavy (non-hydrogen) atoms. The molecular formula is C15H25N. The highest BCUT2D eigenvalue weighted by Gasteiger charge is 2.16. The molecule has 0 aromatic heterocycles. The van der Waals surface area contributed by atoms with E-state index in [4.69, 9.17) is 0 Å². The molecule has 0 radical (unpaired) electrons. The van der Waals surface area contributed by atoms with E-state index in [1.165, 1.54) is 37.9 Å². The molecule has 1 heterocycles. The second-order valence-electron chi connectivity index (χ2n) is 4.37. The molecule has 1 heteroatoms. The highest BCUT2D eigenvalue weighted by Crippen LogP contribution is 2.25. The molecule has 0 saturated carbocycles. The first-order valence-electron chi connectivity index (χ1n) is 6.60. The predicted octanol–water partition coefficient (Wildman–Crippen LogP) is 3.91. The SMILES string of the molecule is CC.CN1CCCCC(c2ccccc2)C1. The van der Waals surface area contributed by atoms with Crippen molar-refractivity contribution in [2.45, 2.75) is 39.0 Å². The van der Waals surface area contributed by atoms with E-state index in [0.29, 0.717) is 0 Å². The monoisotopic (exact) mass is 219 g/mol. The van der Waals surface area contributed by atoms with Crippen molar-refractivity contribution in [3.05, 3.63) is 35.9 Å². The third-order valence-corrected chi connectivity index (χ3v) is 3.15. The van der Waals surface area contributed by atoms with Gasteiger partial charge in [0.1, 0.15) is 0 Å². The van der Waals surface area contributed by atoms with Gasteiger partial charge in [0.2, 0.25) is 0 Å². The highest BCUT2D eigenvalue weighted by molar-refractivity contribution is 5.20. The van der Waals surface area contributed by atoms with Crippen LogP contribution in [0.3, 0.4) is 0 Å². The molecule has 0 spiro atoms. The fourth-order valence-electron chi connectivity index (χ4n) is 2.33. The summed E-state index contributed by atoms with van der Waals surface area (Å²) in [6.45, 7) is 6.49. The van der Waals surface area contributed by atoms with Gasteiger partial charge in [-0.3, -0.25) is 0 Å². The van der Waals surface area contributed by atoms with Gasteiger partial charge >= 0.3 is 0 Å². The van der Waals surface area contributed by atoms with Crippen molar-refractivity contribution in [3.8, 4) is 0 Å². The number of likely N-dealkylation sites (tertiary alicyclic amines) is 1. The fraction of sp³-hybridized carbons (Fsp3) is 0.600. The van der Waals surface area contributed by atoms with Gasteiger partial charge in [0.25, 0.3) is 0 Å². The van der Waals surface area contributed by atoms with Crippen molar-refractivity contribution in [1.82, 2.24) is 4.90 Å². The summed E-state index contributed by atoms with van der Waals surface area (Å²) in [5, 5.41) is 0. The zero-order valence-corrected chi connectivity index (χ0v) is 10.9. The van der Waals surface area contributed by atoms with Crippen molar-refractivity contribution in [1.29, 1.82) is 0 Å². The molecule has 1 nitrogen and oxygen atoms in total. The highest BCUT2D eigenvalue weighted by atomic mass is 15.1. The van der Waals surface area contributed by atoms with Gasteiger partial charge in [-0.2, -0.15) is 0 Å². The predicted molar refractivity (Wildman–Crippen MR) is 71.9 cm³/mol. The second-order valence-corrected chi connectivity index (χ2v) is 4.37. The van der Waals surface area contributed by atoms with Crippen LogP contribution < -0.4 is 0 Å². The molecule has 90 valence electrons. The molecule has 1 saturated heterocycles. The van der Waals surface area contributed by atoms with Crippen molar-refractivity contribution >= 4 is 0 Å². The van der Waals surface area contributed by atoms with Gasteiger partial charge < -0.3 is 4.90 Å². The van der Waals surface area contributed by atoms with Crippen molar-refractivity contribution in [2.75, 3.05) is 20.1 Å². The molecule has 1 unspecified atom stereocenters. The van der Waals surface area contributed by atoms with Crippen LogP contribution in [0, 0.1) is 0 Å². The van der Waals surface area contributed by atoms with Crippen molar-refractivity contribution in [3.63, 3.8) is 0 Å². The largest absolute Gasteiger partial charge is 0.306 e. The summed E-state index contributed by atoms with van der Waals surface area (Å²) in [5.74, 6) is 0.753. The summed E-state index contributed by atoms with van der Waals surface area (Å²) in [6, 6.07) is 10.9. The normalized spacial score (nSPS) is 21.8. The van der Waals surface area contributed by atoms with Gasteiger partial charge in [0.15, 0.2) is 0 Å². The van der Waals surface area contributed by atoms with E-state index in [9.17, 15) is 0 Å². The van der Waals surface area contributed by atoms with Crippen LogP contribution >= 0.6 is 0 Å². The van der Waals surface area contributed by atoms with E-state index < -0.39 is 0 Å². The van der Waals surface area contributed by atoms with Crippen LogP contribution in [0.1, 0.15) is 44.6 Å². The van der Waals surface area contributed by atoms with Crippen LogP contribution in [0.2, 0.25) is 0 Å². The first kappa shape index (κ1) is 13.2. The van der Waals surface area contributed by atoms with Gasteiger partial charge in [0.05, 0.1) is 0 Å². The van der Waals surface area contributed by atoms with E-state index in [0.717, 1.165) is 5.92 Å². The lowest BCUT2D eigenvalue weighted by atomic mass is 9.94. The number of nitrogens with zero attached hydrogens (tertiary/aromatic N) is 1. The molecule has 0 N–H and O–H groups in total. The average molecular weight is 219 g/mol. The van der Waals surface area contributed by atoms with Crippen LogP contribution in [0.25, 0.3) is 0 Å². The first-order valence-corrected chi connectivity index (χ1v) is 6.60. The van der Waals surface area contributed by atoms with Crippen molar-refractivity contribution < 1.29 is 0 Å². The summed E-state index contributed by atoms with van der Waals surface area (Å²) in [5.41, 5.74) is 1.52. The zero-order valence-electron chi connectivity index (χ0n) is 10.9. The van der Waals surface area contributed by atoms with Crippen LogP contribution in [-0.4, -0.2) is 25.0 Å². The third kappa shape index (κ3) is 3.97. The first-order chi connectivity index (χ1) is 7.86. The minimum atomic E-state index is 0.753. The lowest BCUT2D eigenvalue weighted by molar-refractivity contribution is 0.332. The van der Waals surface area contributed by atoms with Crippen LogP contribution in [-0.2, 0) is 0 Å². The molecule has 2 rings (SSSR count). The Morgan fingerprint density at radius 2 is 1.75 bits per heavy atom. The van der Waals surface area contributed by atoms with E-state index in [1.54, 1.807) is 0 Å². The Hall–Kier alpha value is -0.820. The maximum Gasteiger partial charge on any atom is 0.00472 e. The van der Waals surface area contributed by atoms with Gasteiger partial charge in [-0.05, 0) is 37.9 Å². The van der Waals surface area contributed by atoms with Crippen molar-refractivity contribution in [2.24, 2.45) is 0 Å². The maximum atomic E-state index is 2.46. The molecule has 0 bridgehead atoms. The average Bonchev–Trinajstić information content (AvgIpc) is 2.58. The minimum absolute atomic E-state index is 0.753. The molecule has 1 aromatic rings. The summed E-state index contributed by atoms with van der Waals surface area (Å²) in [4.78, 5) is 2.46. The van der Waals surface area contributed by atoms with Gasteiger partial charge in [0, 0.05) is 6.54 Å². The standard InChI is InChI=1S/C13H19N.C2H6/c1-14-10-6-5-9-13(11-14)12-7-3-2-4-8-12;1-2/h2-4,7-8,13H,5-6,9-11H2,1H3;1-2H3. The maximum absolute atomic E-state index is 2.46. The molecule has 1 aromatic carbocycles. The third-order valence-electron chi connectivity index (χ3n) is 3.15. The van der Waals surface area contributed by atoms with Gasteiger partial charge in [-0.15, -0.1) is 0 Å². The quantitative estimate of drug-likeness (QED) is 0.692. The summed E-state index contributed by atoms with van der Waals surface area (Å²) >= 11 is 0. The van der Waals surface area contributed by atoms with E-state index in [2.05, 4.69) is 42.3 Å². The Kier molecular flexibility index (Phi) is 6.17. The fourth-order valence-corrected chi connectivity index (χ4v) is 2.33. The molecular weight excluding hydrogens is 194 g/mol. The smallest absolute Gasteiger partial charge is 0.00472 e. The Morgan fingerprint density at radius 3 is 2.44 bits per heavy atom. The van der Waals surface area contributed by atoms with Crippen LogP contribution in [0.5, 0.6) is 0 Å². The number of hydrogen-bond donors (Lipinski definition) is 0. The zero-order chi connectivity index (χ0) is 11.8. The number of likely N-dealkylation sites (N-methyl/N-ethyl adjacent to an activating group) is 1. The molecule has 1 fully saturated rings. The molecule has 1 atom stereocenters. The Morgan fingerprint density at radius 1 is 1.06 bits per heavy atom. The summed E-state index contributed by atoms with van der Waals surface area (Å²) in [6.07, 6.45) is 4.10. The Labute approximate surface area is 100 Å². The lowest BCUT2D eigenvalue weighted by Gasteiger charge is -2.20. The van der Waals surface area contributed by atoms with E-state index in [1.807, 2.05) is 13.8 Å². The number of rotatable bonds is 1. The van der Waals surface area contributed by atoms with E-state index >= 15 is 0 Å². The summed E-state index contributed by atoms with van der Waals surface area (Å²) < 4.78 is 0. The van der Waals surface area contributed by atoms with E-state index in [-0.39, 0.29) is 0 Å². The minimum Gasteiger partial charge on any atom is -0.306 e. The topological polar surface area (TPSA) is 3.24 Å². The van der Waals surface area contributed by atoms with Crippen LogP contribution in [0.4, 0.5) is 0 Å². The molecule has 0 aliphatic carbocycles. The second kappa shape index (κ2) is 7.45. The lowest BCUT2D eigenvalue weighted by Crippen LogP contribution is -2.22. The van der Waals surface area contributed by atoms with Gasteiger partial charge in [-0.25, -0.2) is 0 Å². The summed E-state index contributed by atoms with van der Waals surface area (Å²) in [7, 11) is 2.24. The molecule has 1 aliphatic rings. The Bertz CT molecular complexity index is 268. The molecule has 0 amide bonds. The van der Waals surface area contributed by atoms with Gasteiger partial charge in [-0.1, -0.05) is 50.6 Å². The number of benzene rings is 1. The molecule has 1 aliphatic heterocycles. The van der Waals surface area contributed by atoms with Crippen LogP contribution in [0.15, 0.2) is 30.3 Å².